The van der Waals surface area contributed by atoms with E-state index in [1.807, 2.05) is 30.5 Å². The summed E-state index contributed by atoms with van der Waals surface area (Å²) in [5.41, 5.74) is 3.66. The van der Waals surface area contributed by atoms with Crippen molar-refractivity contribution in [2.75, 3.05) is 13.7 Å². The molecule has 2 fully saturated rings. The molecule has 4 unspecified atom stereocenters. The highest BCUT2D eigenvalue weighted by molar-refractivity contribution is 6.02. The molecule has 2 aliphatic rings. The Bertz CT molecular complexity index is 1630. The number of quaternary nitrogens is 1. The van der Waals surface area contributed by atoms with Crippen molar-refractivity contribution < 1.29 is 14.7 Å². The number of hydrogen-bond acceptors (Lipinski definition) is 3. The maximum absolute atomic E-state index is 12.2. The standard InChI is InChI=1S/C35H36N2O2/c1-3-25-20-35(25)15-17-37(22-31-27-10-6-4-8-23(27)18-24-9-5-7-11-28(24)31)33(21-35)34(38)29-14-16-36-32-13-12-26(39-2)19-30(29)32/h4-14,16,18-19,25,33-34,38H,3,15,17,20-22H2,1-2H3/p+1/t25?,33?,34-,35?/m1/s1. The molecular formula is C35H37N2O2+. The first-order chi connectivity index (χ1) is 19.1. The van der Waals surface area contributed by atoms with E-state index in [1.54, 1.807) is 7.11 Å². The Hall–Kier alpha value is -3.47. The Kier molecular flexibility index (Phi) is 6.06. The van der Waals surface area contributed by atoms with Crippen LogP contribution in [-0.2, 0) is 6.54 Å². The van der Waals surface area contributed by atoms with E-state index < -0.39 is 6.10 Å². The smallest absolute Gasteiger partial charge is 0.131 e. The van der Waals surface area contributed by atoms with Crippen LogP contribution in [0.2, 0.25) is 0 Å². The van der Waals surface area contributed by atoms with Gasteiger partial charge in [0.25, 0.3) is 0 Å². The largest absolute Gasteiger partial charge is 0.497 e. The van der Waals surface area contributed by atoms with E-state index in [-0.39, 0.29) is 6.04 Å². The minimum absolute atomic E-state index is 0.116. The van der Waals surface area contributed by atoms with E-state index >= 15 is 0 Å². The highest BCUT2D eigenvalue weighted by atomic mass is 16.5. The van der Waals surface area contributed by atoms with Gasteiger partial charge in [0.2, 0.25) is 0 Å². The number of aliphatic hydroxyl groups excluding tert-OH is 1. The van der Waals surface area contributed by atoms with Crippen LogP contribution in [0.25, 0.3) is 32.4 Å². The minimum atomic E-state index is -0.575. The molecule has 0 amide bonds. The van der Waals surface area contributed by atoms with Crippen molar-refractivity contribution in [1.29, 1.82) is 0 Å². The number of fused-ring (bicyclic) bond motifs is 3. The van der Waals surface area contributed by atoms with Crippen LogP contribution >= 0.6 is 0 Å². The third-order valence-electron chi connectivity index (χ3n) is 9.92. The molecule has 4 heteroatoms. The van der Waals surface area contributed by atoms with E-state index in [2.05, 4.69) is 66.5 Å². The quantitative estimate of drug-likeness (QED) is 0.262. The number of aliphatic hydroxyl groups is 1. The van der Waals surface area contributed by atoms with Gasteiger partial charge in [0, 0.05) is 30.0 Å². The molecule has 5 aromatic rings. The van der Waals surface area contributed by atoms with Crippen LogP contribution in [0.5, 0.6) is 5.75 Å². The summed E-state index contributed by atoms with van der Waals surface area (Å²) in [5, 5.41) is 18.4. The monoisotopic (exact) mass is 517 g/mol. The zero-order chi connectivity index (χ0) is 26.6. The summed E-state index contributed by atoms with van der Waals surface area (Å²) in [6, 6.07) is 28.0. The van der Waals surface area contributed by atoms with Gasteiger partial charge < -0.3 is 14.7 Å². The normalized spacial score (nSPS) is 25.4. The molecule has 198 valence electrons. The number of aromatic nitrogens is 1. The molecule has 0 bridgehead atoms. The van der Waals surface area contributed by atoms with E-state index in [9.17, 15) is 5.11 Å². The SMILES string of the molecule is CCC1CC12CC[NH+](Cc1c3ccccc3cc3ccccc13)C([C@H](O)c1ccnc3ccc(OC)cc13)C2. The maximum atomic E-state index is 12.2. The molecule has 0 radical (unpaired) electrons. The molecule has 1 saturated carbocycles. The van der Waals surface area contributed by atoms with E-state index in [0.29, 0.717) is 5.41 Å². The van der Waals surface area contributed by atoms with E-state index in [1.165, 1.54) is 51.3 Å². The van der Waals surface area contributed by atoms with Gasteiger partial charge >= 0.3 is 0 Å². The fourth-order valence-electron chi connectivity index (χ4n) is 7.67. The van der Waals surface area contributed by atoms with Crippen LogP contribution in [-0.4, -0.2) is 29.8 Å². The predicted molar refractivity (Wildman–Crippen MR) is 158 cm³/mol. The molecule has 1 saturated heterocycles. The lowest BCUT2D eigenvalue weighted by atomic mass is 9.81. The molecule has 4 nitrogen and oxygen atoms in total. The van der Waals surface area contributed by atoms with Crippen molar-refractivity contribution in [3.05, 3.63) is 96.2 Å². The first-order valence-corrected chi connectivity index (χ1v) is 14.4. The Labute approximate surface area is 230 Å². The average molecular weight is 518 g/mol. The molecule has 2 heterocycles. The molecule has 39 heavy (non-hydrogen) atoms. The van der Waals surface area contributed by atoms with Crippen molar-refractivity contribution in [2.45, 2.75) is 51.3 Å². The van der Waals surface area contributed by atoms with Gasteiger partial charge in [0.05, 0.1) is 19.2 Å². The Morgan fingerprint density at radius 3 is 2.38 bits per heavy atom. The van der Waals surface area contributed by atoms with Gasteiger partial charge in [0.15, 0.2) is 0 Å². The van der Waals surface area contributed by atoms with Crippen molar-refractivity contribution in [2.24, 2.45) is 11.3 Å². The third kappa shape index (κ3) is 4.18. The van der Waals surface area contributed by atoms with Crippen LogP contribution in [0.3, 0.4) is 0 Å². The Morgan fingerprint density at radius 1 is 0.949 bits per heavy atom. The van der Waals surface area contributed by atoms with Gasteiger partial charge in [0.1, 0.15) is 24.4 Å². The lowest BCUT2D eigenvalue weighted by Gasteiger charge is -2.40. The molecule has 1 aliphatic carbocycles. The lowest BCUT2D eigenvalue weighted by molar-refractivity contribution is -0.950. The van der Waals surface area contributed by atoms with Crippen molar-refractivity contribution in [3.63, 3.8) is 0 Å². The molecule has 5 atom stereocenters. The summed E-state index contributed by atoms with van der Waals surface area (Å²) in [6.07, 6.45) is 6.13. The fraction of sp³-hybridized carbons (Fsp3) is 0.343. The summed E-state index contributed by atoms with van der Waals surface area (Å²) < 4.78 is 5.54. The summed E-state index contributed by atoms with van der Waals surface area (Å²) in [6.45, 7) is 4.32. The van der Waals surface area contributed by atoms with Crippen LogP contribution in [0, 0.1) is 11.3 Å². The first-order valence-electron chi connectivity index (χ1n) is 14.4. The van der Waals surface area contributed by atoms with Gasteiger partial charge in [-0.25, -0.2) is 0 Å². The van der Waals surface area contributed by atoms with Crippen molar-refractivity contribution >= 4 is 32.4 Å². The molecule has 1 spiro atoms. The van der Waals surface area contributed by atoms with E-state index in [0.717, 1.165) is 47.6 Å². The number of ether oxygens (including phenoxy) is 1. The summed E-state index contributed by atoms with van der Waals surface area (Å²) in [4.78, 5) is 6.08. The maximum Gasteiger partial charge on any atom is 0.131 e. The highest BCUT2D eigenvalue weighted by Gasteiger charge is 2.58. The van der Waals surface area contributed by atoms with Gasteiger partial charge in [-0.05, 0) is 75.2 Å². The number of nitrogens with one attached hydrogen (secondary N) is 1. The van der Waals surface area contributed by atoms with E-state index in [4.69, 9.17) is 4.74 Å². The van der Waals surface area contributed by atoms with Crippen LogP contribution < -0.4 is 9.64 Å². The lowest BCUT2D eigenvalue weighted by Crippen LogP contribution is -3.16. The fourth-order valence-corrected chi connectivity index (χ4v) is 7.67. The van der Waals surface area contributed by atoms with Gasteiger partial charge in [-0.2, -0.15) is 0 Å². The zero-order valence-corrected chi connectivity index (χ0v) is 22.9. The van der Waals surface area contributed by atoms with Crippen LogP contribution in [0.1, 0.15) is 49.8 Å². The number of benzene rings is 4. The second kappa shape index (κ2) is 9.62. The molecule has 7 rings (SSSR count). The first kappa shape index (κ1) is 24.6. The average Bonchev–Trinajstić information content (AvgIpc) is 3.68. The number of nitrogens with zero attached hydrogens (tertiary/aromatic N) is 1. The van der Waals surface area contributed by atoms with Crippen molar-refractivity contribution in [3.8, 4) is 5.75 Å². The molecule has 1 aromatic heterocycles. The number of hydrogen-bond donors (Lipinski definition) is 2. The molecular weight excluding hydrogens is 480 g/mol. The molecule has 1 aliphatic heterocycles. The van der Waals surface area contributed by atoms with Crippen molar-refractivity contribution in [1.82, 2.24) is 4.98 Å². The summed E-state index contributed by atoms with van der Waals surface area (Å²) >= 11 is 0. The topological polar surface area (TPSA) is 46.8 Å². The molecule has 4 aromatic carbocycles. The van der Waals surface area contributed by atoms with Gasteiger partial charge in [-0.15, -0.1) is 0 Å². The predicted octanol–water partition coefficient (Wildman–Crippen LogP) is 6.25. The minimum Gasteiger partial charge on any atom is -0.497 e. The van der Waals surface area contributed by atoms with Gasteiger partial charge in [-0.1, -0.05) is 61.9 Å². The Morgan fingerprint density at radius 2 is 1.69 bits per heavy atom. The van der Waals surface area contributed by atoms with Crippen LogP contribution in [0.15, 0.2) is 85.1 Å². The third-order valence-corrected chi connectivity index (χ3v) is 9.92. The zero-order valence-electron chi connectivity index (χ0n) is 22.9. The second-order valence-corrected chi connectivity index (χ2v) is 11.8. The number of piperidine rings is 1. The number of pyridine rings is 1. The Balaban J connectivity index is 1.32. The number of methoxy groups -OCH3 is 1. The molecule has 2 N–H and O–H groups in total. The number of likely N-dealkylation sites (tertiary alicyclic amines) is 1. The van der Waals surface area contributed by atoms with Crippen LogP contribution in [0.4, 0.5) is 0 Å². The summed E-state index contributed by atoms with van der Waals surface area (Å²) in [5.74, 6) is 1.59. The number of rotatable bonds is 6. The summed E-state index contributed by atoms with van der Waals surface area (Å²) in [7, 11) is 1.69. The van der Waals surface area contributed by atoms with Gasteiger partial charge in [-0.3, -0.25) is 4.98 Å². The highest BCUT2D eigenvalue weighted by Crippen LogP contribution is 2.61. The second-order valence-electron chi connectivity index (χ2n) is 11.8.